The molecule has 1 rings (SSSR count). The summed E-state index contributed by atoms with van der Waals surface area (Å²) in [6, 6.07) is 5.46. The van der Waals surface area contributed by atoms with Gasteiger partial charge in [0.25, 0.3) is 0 Å². The highest BCUT2D eigenvalue weighted by molar-refractivity contribution is 5.39. The van der Waals surface area contributed by atoms with E-state index in [4.69, 9.17) is 4.74 Å². The Labute approximate surface area is 175 Å². The number of phenolic OH excluding ortho intramolecular Hbond substituents is 1. The first-order chi connectivity index (χ1) is 13.8. The van der Waals surface area contributed by atoms with Crippen molar-refractivity contribution in [1.29, 1.82) is 0 Å². The standard InChI is InChI=1S/C26H46O2/c1-3-5-6-7-8-9-10-11-12-13-14-15-16-17-18-19-20-24-23-25(27)21-22-26(24)28-4-2/h21-23,27H,3-20H2,1-2H3. The van der Waals surface area contributed by atoms with E-state index in [1.807, 2.05) is 19.1 Å². The second-order valence-electron chi connectivity index (χ2n) is 8.28. The van der Waals surface area contributed by atoms with Crippen LogP contribution in [0.25, 0.3) is 0 Å². The van der Waals surface area contributed by atoms with Gasteiger partial charge in [0, 0.05) is 0 Å². The maximum absolute atomic E-state index is 9.69. The maximum Gasteiger partial charge on any atom is 0.122 e. The van der Waals surface area contributed by atoms with Crippen LogP contribution in [0, 0.1) is 0 Å². The molecule has 0 saturated heterocycles. The summed E-state index contributed by atoms with van der Waals surface area (Å²) in [6.07, 6.45) is 23.3. The van der Waals surface area contributed by atoms with E-state index in [2.05, 4.69) is 6.92 Å². The summed E-state index contributed by atoms with van der Waals surface area (Å²) in [5, 5.41) is 9.69. The number of benzene rings is 1. The third-order valence-corrected chi connectivity index (χ3v) is 5.64. The van der Waals surface area contributed by atoms with Crippen LogP contribution in [0.1, 0.15) is 122 Å². The van der Waals surface area contributed by atoms with Crippen LogP contribution in [0.3, 0.4) is 0 Å². The summed E-state index contributed by atoms with van der Waals surface area (Å²) < 4.78 is 5.66. The molecule has 1 N–H and O–H groups in total. The molecular formula is C26H46O2. The molecule has 0 spiro atoms. The van der Waals surface area contributed by atoms with E-state index < -0.39 is 0 Å². The van der Waals surface area contributed by atoms with E-state index >= 15 is 0 Å². The quantitative estimate of drug-likeness (QED) is 0.240. The Balaban J connectivity index is 1.89. The van der Waals surface area contributed by atoms with Gasteiger partial charge in [-0.25, -0.2) is 0 Å². The van der Waals surface area contributed by atoms with Crippen LogP contribution in [0.4, 0.5) is 0 Å². The minimum absolute atomic E-state index is 0.343. The number of hydrogen-bond donors (Lipinski definition) is 1. The molecule has 0 unspecified atom stereocenters. The lowest BCUT2D eigenvalue weighted by molar-refractivity contribution is 0.335. The van der Waals surface area contributed by atoms with Crippen LogP contribution in [-0.4, -0.2) is 11.7 Å². The molecule has 0 heterocycles. The van der Waals surface area contributed by atoms with Crippen LogP contribution < -0.4 is 4.74 Å². The number of ether oxygens (including phenoxy) is 1. The number of aryl methyl sites for hydroxylation is 1. The number of phenols is 1. The molecule has 0 aliphatic rings. The number of aromatic hydroxyl groups is 1. The molecule has 0 aliphatic heterocycles. The maximum atomic E-state index is 9.69. The Kier molecular flexibility index (Phi) is 15.9. The zero-order valence-corrected chi connectivity index (χ0v) is 18.8. The van der Waals surface area contributed by atoms with E-state index in [9.17, 15) is 5.11 Å². The monoisotopic (exact) mass is 390 g/mol. The van der Waals surface area contributed by atoms with Crippen molar-refractivity contribution in [3.8, 4) is 11.5 Å². The summed E-state index contributed by atoms with van der Waals surface area (Å²) in [5.74, 6) is 1.27. The van der Waals surface area contributed by atoms with Gasteiger partial charge in [-0.1, -0.05) is 103 Å². The third kappa shape index (κ3) is 13.1. The van der Waals surface area contributed by atoms with Gasteiger partial charge >= 0.3 is 0 Å². The Morgan fingerprint density at radius 1 is 0.643 bits per heavy atom. The van der Waals surface area contributed by atoms with E-state index in [1.54, 1.807) is 6.07 Å². The number of hydrogen-bond acceptors (Lipinski definition) is 2. The average Bonchev–Trinajstić information content (AvgIpc) is 2.69. The minimum Gasteiger partial charge on any atom is -0.508 e. The van der Waals surface area contributed by atoms with Gasteiger partial charge in [-0.3, -0.25) is 0 Å². The van der Waals surface area contributed by atoms with Crippen molar-refractivity contribution in [2.75, 3.05) is 6.61 Å². The van der Waals surface area contributed by atoms with Crippen LogP contribution in [0.5, 0.6) is 11.5 Å². The summed E-state index contributed by atoms with van der Waals surface area (Å²) in [6.45, 7) is 4.97. The fraction of sp³-hybridized carbons (Fsp3) is 0.769. The summed E-state index contributed by atoms with van der Waals surface area (Å²) in [4.78, 5) is 0. The van der Waals surface area contributed by atoms with Gasteiger partial charge in [-0.15, -0.1) is 0 Å². The average molecular weight is 391 g/mol. The Morgan fingerprint density at radius 3 is 1.57 bits per heavy atom. The summed E-state index contributed by atoms with van der Waals surface area (Å²) in [7, 11) is 0. The lowest BCUT2D eigenvalue weighted by Crippen LogP contribution is -1.97. The van der Waals surface area contributed by atoms with E-state index in [1.165, 1.54) is 103 Å². The molecule has 0 aliphatic carbocycles. The highest BCUT2D eigenvalue weighted by atomic mass is 16.5. The summed E-state index contributed by atoms with van der Waals surface area (Å²) in [5.41, 5.74) is 1.15. The molecule has 0 saturated carbocycles. The zero-order chi connectivity index (χ0) is 20.3. The second kappa shape index (κ2) is 17.9. The molecule has 162 valence electrons. The molecule has 0 atom stereocenters. The van der Waals surface area contributed by atoms with Crippen molar-refractivity contribution in [2.45, 2.75) is 123 Å². The fourth-order valence-corrected chi connectivity index (χ4v) is 3.92. The van der Waals surface area contributed by atoms with Gasteiger partial charge in [-0.05, 0) is 43.5 Å². The van der Waals surface area contributed by atoms with Crippen molar-refractivity contribution < 1.29 is 9.84 Å². The van der Waals surface area contributed by atoms with Gasteiger partial charge < -0.3 is 9.84 Å². The third-order valence-electron chi connectivity index (χ3n) is 5.64. The zero-order valence-electron chi connectivity index (χ0n) is 18.8. The fourth-order valence-electron chi connectivity index (χ4n) is 3.92. The summed E-state index contributed by atoms with van der Waals surface area (Å²) >= 11 is 0. The minimum atomic E-state index is 0.343. The van der Waals surface area contributed by atoms with Crippen molar-refractivity contribution in [3.63, 3.8) is 0 Å². The molecule has 0 amide bonds. The molecule has 0 bridgehead atoms. The Morgan fingerprint density at radius 2 is 1.11 bits per heavy atom. The molecule has 0 aromatic heterocycles. The van der Waals surface area contributed by atoms with E-state index in [0.29, 0.717) is 12.4 Å². The lowest BCUT2D eigenvalue weighted by Gasteiger charge is -2.10. The van der Waals surface area contributed by atoms with Crippen LogP contribution in [0.15, 0.2) is 18.2 Å². The number of unbranched alkanes of at least 4 members (excludes halogenated alkanes) is 15. The van der Waals surface area contributed by atoms with Crippen molar-refractivity contribution in [2.24, 2.45) is 0 Å². The van der Waals surface area contributed by atoms with Gasteiger partial charge in [0.15, 0.2) is 0 Å². The SMILES string of the molecule is CCCCCCCCCCCCCCCCCCc1cc(O)ccc1OCC. The van der Waals surface area contributed by atoms with Gasteiger partial charge in [0.1, 0.15) is 11.5 Å². The van der Waals surface area contributed by atoms with Gasteiger partial charge in [-0.2, -0.15) is 0 Å². The molecule has 28 heavy (non-hydrogen) atoms. The molecule has 2 nitrogen and oxygen atoms in total. The first-order valence-corrected chi connectivity index (χ1v) is 12.2. The van der Waals surface area contributed by atoms with Crippen molar-refractivity contribution >= 4 is 0 Å². The normalized spacial score (nSPS) is 11.1. The highest BCUT2D eigenvalue weighted by Crippen LogP contribution is 2.25. The van der Waals surface area contributed by atoms with Crippen molar-refractivity contribution in [3.05, 3.63) is 23.8 Å². The predicted octanol–water partition coefficient (Wildman–Crippen LogP) is 8.59. The first-order valence-electron chi connectivity index (χ1n) is 12.2. The van der Waals surface area contributed by atoms with Crippen LogP contribution in [-0.2, 0) is 6.42 Å². The molecule has 0 fully saturated rings. The van der Waals surface area contributed by atoms with Gasteiger partial charge in [0.05, 0.1) is 6.61 Å². The molecule has 1 aromatic carbocycles. The second-order valence-corrected chi connectivity index (χ2v) is 8.28. The Hall–Kier alpha value is -1.18. The van der Waals surface area contributed by atoms with Crippen LogP contribution >= 0.6 is 0 Å². The largest absolute Gasteiger partial charge is 0.508 e. The smallest absolute Gasteiger partial charge is 0.122 e. The predicted molar refractivity (Wildman–Crippen MR) is 123 cm³/mol. The van der Waals surface area contributed by atoms with E-state index in [-0.39, 0.29) is 0 Å². The molecule has 2 heteroatoms. The molecule has 1 aromatic rings. The molecular weight excluding hydrogens is 344 g/mol. The van der Waals surface area contributed by atoms with Gasteiger partial charge in [0.2, 0.25) is 0 Å². The van der Waals surface area contributed by atoms with Crippen LogP contribution in [0.2, 0.25) is 0 Å². The first kappa shape index (κ1) is 24.9. The Bertz CT molecular complexity index is 470. The number of rotatable bonds is 19. The van der Waals surface area contributed by atoms with E-state index in [0.717, 1.165) is 17.7 Å². The lowest BCUT2D eigenvalue weighted by atomic mass is 10.0. The highest BCUT2D eigenvalue weighted by Gasteiger charge is 2.04. The van der Waals surface area contributed by atoms with Crippen molar-refractivity contribution in [1.82, 2.24) is 0 Å². The molecule has 0 radical (unpaired) electrons. The topological polar surface area (TPSA) is 29.5 Å².